The molecule has 0 saturated carbocycles. The van der Waals surface area contributed by atoms with Crippen LogP contribution < -0.4 is 10.9 Å². The lowest BCUT2D eigenvalue weighted by atomic mass is 10.2. The number of rotatable bonds is 8. The molecule has 0 aliphatic carbocycles. The number of benzene rings is 1. The fraction of sp³-hybridized carbons (Fsp3) is 0.278. The van der Waals surface area contributed by atoms with Gasteiger partial charge in [-0.05, 0) is 23.4 Å². The molecule has 0 fully saturated rings. The standard InChI is InChI=1S/C18H19N3O3S/c22-16(11-21-13-20-17-15(18(21)23)7-10-25-17)19-8-4-9-24-12-14-5-2-1-3-6-14/h1-3,5-7,10,13H,4,8-9,11-12H2,(H,19,22). The molecule has 6 nitrogen and oxygen atoms in total. The van der Waals surface area contributed by atoms with E-state index in [2.05, 4.69) is 10.3 Å². The van der Waals surface area contributed by atoms with Crippen LogP contribution in [0.3, 0.4) is 0 Å². The Kier molecular flexibility index (Phi) is 5.92. The molecule has 0 spiro atoms. The summed E-state index contributed by atoms with van der Waals surface area (Å²) in [6.07, 6.45) is 2.14. The van der Waals surface area contributed by atoms with E-state index in [-0.39, 0.29) is 18.0 Å². The van der Waals surface area contributed by atoms with Gasteiger partial charge in [-0.2, -0.15) is 0 Å². The monoisotopic (exact) mass is 357 g/mol. The van der Waals surface area contributed by atoms with Gasteiger partial charge in [-0.1, -0.05) is 30.3 Å². The number of nitrogens with one attached hydrogen (secondary N) is 1. The van der Waals surface area contributed by atoms with Gasteiger partial charge in [-0.15, -0.1) is 11.3 Å². The molecular formula is C18H19N3O3S. The Balaban J connectivity index is 1.38. The normalized spacial score (nSPS) is 10.9. The molecule has 0 aliphatic heterocycles. The highest BCUT2D eigenvalue weighted by atomic mass is 32.1. The number of ether oxygens (including phenoxy) is 1. The molecule has 0 unspecified atom stereocenters. The van der Waals surface area contributed by atoms with E-state index < -0.39 is 0 Å². The molecule has 0 atom stereocenters. The molecular weight excluding hydrogens is 338 g/mol. The first kappa shape index (κ1) is 17.3. The summed E-state index contributed by atoms with van der Waals surface area (Å²) in [6.45, 7) is 1.62. The number of thiophene rings is 1. The Bertz CT molecular complexity index is 889. The van der Waals surface area contributed by atoms with Crippen molar-refractivity contribution in [2.24, 2.45) is 0 Å². The van der Waals surface area contributed by atoms with Gasteiger partial charge in [0.2, 0.25) is 5.91 Å². The molecule has 7 heteroatoms. The molecule has 0 bridgehead atoms. The van der Waals surface area contributed by atoms with Gasteiger partial charge >= 0.3 is 0 Å². The Morgan fingerprint density at radius 3 is 2.92 bits per heavy atom. The van der Waals surface area contributed by atoms with Gasteiger partial charge < -0.3 is 10.1 Å². The Morgan fingerprint density at radius 1 is 1.24 bits per heavy atom. The first-order valence-electron chi connectivity index (χ1n) is 8.05. The van der Waals surface area contributed by atoms with Crippen molar-refractivity contribution in [3.05, 3.63) is 64.0 Å². The molecule has 1 amide bonds. The molecule has 1 N–H and O–H groups in total. The quantitative estimate of drug-likeness (QED) is 0.627. The molecule has 3 rings (SSSR count). The lowest BCUT2D eigenvalue weighted by molar-refractivity contribution is -0.121. The summed E-state index contributed by atoms with van der Waals surface area (Å²) in [5, 5.41) is 5.16. The molecule has 3 aromatic rings. The average molecular weight is 357 g/mol. The molecule has 0 saturated heterocycles. The second-order valence-corrected chi connectivity index (χ2v) is 6.45. The van der Waals surface area contributed by atoms with Crippen molar-refractivity contribution >= 4 is 27.5 Å². The van der Waals surface area contributed by atoms with Crippen molar-refractivity contribution in [2.75, 3.05) is 13.2 Å². The number of carbonyl (C=O) groups is 1. The molecule has 2 aromatic heterocycles. The van der Waals surface area contributed by atoms with Crippen LogP contribution in [0.2, 0.25) is 0 Å². The van der Waals surface area contributed by atoms with Gasteiger partial charge in [0.05, 0.1) is 18.3 Å². The highest BCUT2D eigenvalue weighted by Gasteiger charge is 2.08. The summed E-state index contributed by atoms with van der Waals surface area (Å²) in [7, 11) is 0. The summed E-state index contributed by atoms with van der Waals surface area (Å²) in [5.41, 5.74) is 0.940. The maximum absolute atomic E-state index is 12.2. The molecule has 25 heavy (non-hydrogen) atoms. The lowest BCUT2D eigenvalue weighted by Crippen LogP contribution is -2.33. The van der Waals surface area contributed by atoms with Crippen LogP contribution in [-0.2, 0) is 22.7 Å². The molecule has 1 aromatic carbocycles. The average Bonchev–Trinajstić information content (AvgIpc) is 3.11. The number of aromatic nitrogens is 2. The summed E-state index contributed by atoms with van der Waals surface area (Å²) in [4.78, 5) is 29.0. The fourth-order valence-electron chi connectivity index (χ4n) is 2.38. The summed E-state index contributed by atoms with van der Waals surface area (Å²) >= 11 is 1.41. The van der Waals surface area contributed by atoms with E-state index in [4.69, 9.17) is 4.74 Å². The van der Waals surface area contributed by atoms with Gasteiger partial charge in [0, 0.05) is 13.2 Å². The van der Waals surface area contributed by atoms with E-state index >= 15 is 0 Å². The largest absolute Gasteiger partial charge is 0.377 e. The van der Waals surface area contributed by atoms with Crippen molar-refractivity contribution in [3.8, 4) is 0 Å². The fourth-order valence-corrected chi connectivity index (χ4v) is 3.11. The first-order chi connectivity index (χ1) is 12.2. The third-order valence-corrected chi connectivity index (χ3v) is 4.48. The molecule has 0 radical (unpaired) electrons. The predicted octanol–water partition coefficient (Wildman–Crippen LogP) is 2.18. The van der Waals surface area contributed by atoms with Gasteiger partial charge in [0.25, 0.3) is 5.56 Å². The maximum Gasteiger partial charge on any atom is 0.262 e. The summed E-state index contributed by atoms with van der Waals surface area (Å²) < 4.78 is 6.89. The van der Waals surface area contributed by atoms with Crippen LogP contribution in [0, 0.1) is 0 Å². The number of amides is 1. The smallest absolute Gasteiger partial charge is 0.262 e. The van der Waals surface area contributed by atoms with Crippen LogP contribution in [0.15, 0.2) is 52.9 Å². The van der Waals surface area contributed by atoms with E-state index in [0.717, 1.165) is 12.0 Å². The molecule has 2 heterocycles. The number of hydrogen-bond acceptors (Lipinski definition) is 5. The van der Waals surface area contributed by atoms with Crippen LogP contribution in [-0.4, -0.2) is 28.6 Å². The van der Waals surface area contributed by atoms with Crippen LogP contribution in [0.25, 0.3) is 10.2 Å². The van der Waals surface area contributed by atoms with Gasteiger partial charge in [0.1, 0.15) is 11.4 Å². The first-order valence-corrected chi connectivity index (χ1v) is 8.93. The summed E-state index contributed by atoms with van der Waals surface area (Å²) in [6, 6.07) is 11.7. The third kappa shape index (κ3) is 4.74. The van der Waals surface area contributed by atoms with Crippen molar-refractivity contribution < 1.29 is 9.53 Å². The van der Waals surface area contributed by atoms with E-state index in [1.807, 2.05) is 35.7 Å². The second-order valence-electron chi connectivity index (χ2n) is 5.56. The second kappa shape index (κ2) is 8.55. The SMILES string of the molecule is O=C(Cn1cnc2sccc2c1=O)NCCCOCc1ccccc1. The van der Waals surface area contributed by atoms with Gasteiger partial charge in [-0.3, -0.25) is 14.2 Å². The van der Waals surface area contributed by atoms with Gasteiger partial charge in [0.15, 0.2) is 0 Å². The minimum absolute atomic E-state index is 0.0253. The minimum atomic E-state index is -0.207. The molecule has 130 valence electrons. The highest BCUT2D eigenvalue weighted by molar-refractivity contribution is 7.16. The van der Waals surface area contributed by atoms with Crippen molar-refractivity contribution in [1.82, 2.24) is 14.9 Å². The van der Waals surface area contributed by atoms with E-state index in [1.165, 1.54) is 22.2 Å². The minimum Gasteiger partial charge on any atom is -0.377 e. The van der Waals surface area contributed by atoms with E-state index in [1.54, 1.807) is 6.07 Å². The topological polar surface area (TPSA) is 73.2 Å². The number of hydrogen-bond donors (Lipinski definition) is 1. The predicted molar refractivity (Wildman–Crippen MR) is 97.6 cm³/mol. The maximum atomic E-state index is 12.2. The van der Waals surface area contributed by atoms with E-state index in [0.29, 0.717) is 30.0 Å². The zero-order valence-electron chi connectivity index (χ0n) is 13.7. The lowest BCUT2D eigenvalue weighted by Gasteiger charge is -2.08. The Labute approximate surface area is 149 Å². The van der Waals surface area contributed by atoms with Crippen molar-refractivity contribution in [1.29, 1.82) is 0 Å². The van der Waals surface area contributed by atoms with Crippen molar-refractivity contribution in [2.45, 2.75) is 19.6 Å². The zero-order chi connectivity index (χ0) is 17.5. The molecule has 0 aliphatic rings. The number of fused-ring (bicyclic) bond motifs is 1. The van der Waals surface area contributed by atoms with E-state index in [9.17, 15) is 9.59 Å². The van der Waals surface area contributed by atoms with Crippen LogP contribution in [0.1, 0.15) is 12.0 Å². The number of carbonyl (C=O) groups excluding carboxylic acids is 1. The zero-order valence-corrected chi connectivity index (χ0v) is 14.5. The Morgan fingerprint density at radius 2 is 2.08 bits per heavy atom. The van der Waals surface area contributed by atoms with Crippen LogP contribution in [0.5, 0.6) is 0 Å². The van der Waals surface area contributed by atoms with Crippen LogP contribution >= 0.6 is 11.3 Å². The Hall–Kier alpha value is -2.51. The highest BCUT2D eigenvalue weighted by Crippen LogP contribution is 2.13. The third-order valence-electron chi connectivity index (χ3n) is 3.66. The van der Waals surface area contributed by atoms with Crippen molar-refractivity contribution in [3.63, 3.8) is 0 Å². The number of nitrogens with zero attached hydrogens (tertiary/aromatic N) is 2. The summed E-state index contributed by atoms with van der Waals surface area (Å²) in [5.74, 6) is -0.207. The van der Waals surface area contributed by atoms with Gasteiger partial charge in [-0.25, -0.2) is 4.98 Å². The van der Waals surface area contributed by atoms with Crippen LogP contribution in [0.4, 0.5) is 0 Å².